The van der Waals surface area contributed by atoms with Crippen LogP contribution < -0.4 is 5.32 Å². The van der Waals surface area contributed by atoms with Crippen molar-refractivity contribution in [2.24, 2.45) is 0 Å². The molecule has 0 spiro atoms. The normalized spacial score (nSPS) is 11.6. The maximum Gasteiger partial charge on any atom is 0.294 e. The first-order chi connectivity index (χ1) is 10.8. The third kappa shape index (κ3) is 3.19. The van der Waals surface area contributed by atoms with Crippen molar-refractivity contribution in [1.29, 1.82) is 0 Å². The maximum atomic E-state index is 11.2. The zero-order valence-corrected chi connectivity index (χ0v) is 13.0. The van der Waals surface area contributed by atoms with Crippen LogP contribution >= 0.6 is 11.6 Å². The predicted molar refractivity (Wildman–Crippen MR) is 85.8 cm³/mol. The Balaban J connectivity index is 2.13. The molecule has 0 fully saturated rings. The number of benzene rings is 2. The van der Waals surface area contributed by atoms with Crippen LogP contribution in [0.4, 0.5) is 11.5 Å². The second-order valence-corrected chi connectivity index (χ2v) is 6.40. The lowest BCUT2D eigenvalue weighted by molar-refractivity contribution is 0.475. The molecule has 0 unspecified atom stereocenters. The molecule has 3 rings (SSSR count). The molecule has 0 saturated heterocycles. The summed E-state index contributed by atoms with van der Waals surface area (Å²) in [5, 5.41) is 13.3. The largest absolute Gasteiger partial charge is 0.506 e. The van der Waals surface area contributed by atoms with E-state index in [-0.39, 0.29) is 21.6 Å². The quantitative estimate of drug-likeness (QED) is 0.377. The van der Waals surface area contributed by atoms with Crippen molar-refractivity contribution in [2.75, 3.05) is 5.32 Å². The summed E-state index contributed by atoms with van der Waals surface area (Å²) in [6.45, 7) is 0. The van der Waals surface area contributed by atoms with Crippen molar-refractivity contribution in [3.05, 3.63) is 47.7 Å². The van der Waals surface area contributed by atoms with Crippen LogP contribution in [0.15, 0.2) is 47.4 Å². The SMILES string of the molecule is O=S(=O)(O)c1ccc(O)c(Nc2nc(Cl)nc3ccccc23)c1. The molecule has 3 N–H and O–H groups in total. The van der Waals surface area contributed by atoms with Crippen molar-refractivity contribution >= 4 is 44.1 Å². The molecule has 7 nitrogen and oxygen atoms in total. The highest BCUT2D eigenvalue weighted by atomic mass is 35.5. The fourth-order valence-electron chi connectivity index (χ4n) is 2.05. The Bertz CT molecular complexity index is 1010. The van der Waals surface area contributed by atoms with Crippen molar-refractivity contribution < 1.29 is 18.1 Å². The summed E-state index contributed by atoms with van der Waals surface area (Å²) in [4.78, 5) is 7.76. The van der Waals surface area contributed by atoms with Gasteiger partial charge in [0.1, 0.15) is 11.6 Å². The van der Waals surface area contributed by atoms with Crippen LogP contribution in [0.25, 0.3) is 10.9 Å². The Labute approximate surface area is 136 Å². The van der Waals surface area contributed by atoms with Gasteiger partial charge in [-0.1, -0.05) is 12.1 Å². The van der Waals surface area contributed by atoms with Gasteiger partial charge in [-0.3, -0.25) is 4.55 Å². The van der Waals surface area contributed by atoms with Crippen molar-refractivity contribution in [2.45, 2.75) is 4.90 Å². The fraction of sp³-hybridized carbons (Fsp3) is 0. The number of halogens is 1. The first-order valence-electron chi connectivity index (χ1n) is 6.34. The van der Waals surface area contributed by atoms with Crippen LogP contribution in [0.2, 0.25) is 5.28 Å². The Morgan fingerprint density at radius 2 is 1.83 bits per heavy atom. The molecule has 1 aromatic heterocycles. The Kier molecular flexibility index (Phi) is 3.80. The summed E-state index contributed by atoms with van der Waals surface area (Å²) < 4.78 is 31.5. The lowest BCUT2D eigenvalue weighted by Gasteiger charge is -2.11. The molecular weight excluding hydrogens is 342 g/mol. The summed E-state index contributed by atoms with van der Waals surface area (Å²) in [5.41, 5.74) is 0.639. The molecule has 1 heterocycles. The molecule has 0 saturated carbocycles. The van der Waals surface area contributed by atoms with Crippen molar-refractivity contribution in [1.82, 2.24) is 9.97 Å². The Morgan fingerprint density at radius 3 is 2.57 bits per heavy atom. The number of nitrogens with zero attached hydrogens (tertiary/aromatic N) is 2. The number of anilines is 2. The number of fused-ring (bicyclic) bond motifs is 1. The van der Waals surface area contributed by atoms with Gasteiger partial charge in [-0.05, 0) is 41.9 Å². The highest BCUT2D eigenvalue weighted by Crippen LogP contribution is 2.31. The minimum Gasteiger partial charge on any atom is -0.506 e. The number of phenols is 1. The van der Waals surface area contributed by atoms with Gasteiger partial charge in [0, 0.05) is 5.39 Å². The lowest BCUT2D eigenvalue weighted by atomic mass is 10.2. The molecule has 2 aromatic carbocycles. The van der Waals surface area contributed by atoms with Crippen LogP contribution in [0, 0.1) is 0 Å². The molecule has 0 radical (unpaired) electrons. The van der Waals surface area contributed by atoms with Gasteiger partial charge in [-0.15, -0.1) is 0 Å². The number of hydrogen-bond donors (Lipinski definition) is 3. The van der Waals surface area contributed by atoms with E-state index in [9.17, 15) is 13.5 Å². The average Bonchev–Trinajstić information content (AvgIpc) is 2.48. The van der Waals surface area contributed by atoms with Crippen molar-refractivity contribution in [3.8, 4) is 5.75 Å². The average molecular weight is 352 g/mol. The van der Waals surface area contributed by atoms with E-state index in [4.69, 9.17) is 16.2 Å². The smallest absolute Gasteiger partial charge is 0.294 e. The molecule has 0 atom stereocenters. The maximum absolute atomic E-state index is 11.2. The number of phenolic OH excluding ortho intramolecular Hbond substituents is 1. The van der Waals surface area contributed by atoms with Crippen LogP contribution in [0.3, 0.4) is 0 Å². The summed E-state index contributed by atoms with van der Waals surface area (Å²) in [7, 11) is -4.39. The fourth-order valence-corrected chi connectivity index (χ4v) is 2.73. The van der Waals surface area contributed by atoms with E-state index in [0.717, 1.165) is 18.2 Å². The molecule has 0 aliphatic carbocycles. The van der Waals surface area contributed by atoms with E-state index in [1.807, 2.05) is 0 Å². The van der Waals surface area contributed by atoms with Crippen LogP contribution in [0.1, 0.15) is 0 Å². The van der Waals surface area contributed by atoms with Gasteiger partial charge in [0.15, 0.2) is 0 Å². The molecular formula is C14H10ClN3O4S. The molecule has 0 aliphatic rings. The van der Waals surface area contributed by atoms with E-state index in [1.165, 1.54) is 0 Å². The zero-order valence-electron chi connectivity index (χ0n) is 11.4. The third-order valence-corrected chi connectivity index (χ3v) is 4.11. The highest BCUT2D eigenvalue weighted by molar-refractivity contribution is 7.85. The van der Waals surface area contributed by atoms with E-state index in [1.54, 1.807) is 24.3 Å². The van der Waals surface area contributed by atoms with Gasteiger partial charge in [0.25, 0.3) is 10.1 Å². The number of aromatic hydroxyl groups is 1. The number of nitrogens with one attached hydrogen (secondary N) is 1. The summed E-state index contributed by atoms with van der Waals surface area (Å²) in [6, 6.07) is 10.4. The van der Waals surface area contributed by atoms with Gasteiger partial charge >= 0.3 is 0 Å². The Morgan fingerprint density at radius 1 is 1.09 bits per heavy atom. The molecule has 118 valence electrons. The van der Waals surface area contributed by atoms with Crippen molar-refractivity contribution in [3.63, 3.8) is 0 Å². The number of para-hydroxylation sites is 1. The Hall–Kier alpha value is -2.42. The first-order valence-corrected chi connectivity index (χ1v) is 8.16. The van der Waals surface area contributed by atoms with Gasteiger partial charge in [-0.2, -0.15) is 13.4 Å². The highest BCUT2D eigenvalue weighted by Gasteiger charge is 2.14. The second kappa shape index (κ2) is 5.65. The van der Waals surface area contributed by atoms with Gasteiger partial charge in [0.05, 0.1) is 16.1 Å². The molecule has 0 aliphatic heterocycles. The summed E-state index contributed by atoms with van der Waals surface area (Å²) in [6.07, 6.45) is 0. The topological polar surface area (TPSA) is 112 Å². The molecule has 3 aromatic rings. The number of hydrogen-bond acceptors (Lipinski definition) is 6. The van der Waals surface area contributed by atoms with Gasteiger partial charge in [-0.25, -0.2) is 4.98 Å². The van der Waals surface area contributed by atoms with Crippen LogP contribution in [-0.2, 0) is 10.1 Å². The molecule has 0 amide bonds. The summed E-state index contributed by atoms with van der Waals surface area (Å²) >= 11 is 5.87. The second-order valence-electron chi connectivity index (χ2n) is 4.64. The number of rotatable bonds is 3. The minimum atomic E-state index is -4.39. The molecule has 9 heteroatoms. The van der Waals surface area contributed by atoms with Crippen LogP contribution in [-0.4, -0.2) is 28.0 Å². The number of aromatic nitrogens is 2. The predicted octanol–water partition coefficient (Wildman–Crippen LogP) is 2.98. The van der Waals surface area contributed by atoms with E-state index in [0.29, 0.717) is 16.7 Å². The van der Waals surface area contributed by atoms with Gasteiger partial charge < -0.3 is 10.4 Å². The molecule has 0 bridgehead atoms. The van der Waals surface area contributed by atoms with E-state index in [2.05, 4.69) is 15.3 Å². The lowest BCUT2D eigenvalue weighted by Crippen LogP contribution is -2.01. The zero-order chi connectivity index (χ0) is 16.6. The third-order valence-electron chi connectivity index (χ3n) is 3.09. The standard InChI is InChI=1S/C14H10ClN3O4S/c15-14-17-10-4-2-1-3-9(10)13(18-14)16-11-7-8(23(20,21)22)5-6-12(11)19/h1-7,19H,(H,16,17,18)(H,20,21,22). The summed E-state index contributed by atoms with van der Waals surface area (Å²) in [5.74, 6) is 0.0830. The minimum absolute atomic E-state index is 0.00313. The van der Waals surface area contributed by atoms with E-state index < -0.39 is 10.1 Å². The monoisotopic (exact) mass is 351 g/mol. The van der Waals surface area contributed by atoms with Gasteiger partial charge in [0.2, 0.25) is 5.28 Å². The van der Waals surface area contributed by atoms with Crippen LogP contribution in [0.5, 0.6) is 5.75 Å². The first kappa shape index (κ1) is 15.5. The molecule has 23 heavy (non-hydrogen) atoms. The van der Waals surface area contributed by atoms with E-state index >= 15 is 0 Å².